The van der Waals surface area contributed by atoms with E-state index in [0.29, 0.717) is 13.0 Å². The van der Waals surface area contributed by atoms with E-state index in [1.54, 1.807) is 0 Å². The fourth-order valence-corrected chi connectivity index (χ4v) is 1.90. The molecule has 0 aromatic heterocycles. The molecule has 4 heteroatoms. The van der Waals surface area contributed by atoms with Gasteiger partial charge in [-0.05, 0) is 32.1 Å². The van der Waals surface area contributed by atoms with E-state index < -0.39 is 0 Å². The van der Waals surface area contributed by atoms with E-state index in [0.717, 1.165) is 32.1 Å². The first-order valence-electron chi connectivity index (χ1n) is 5.64. The summed E-state index contributed by atoms with van der Waals surface area (Å²) >= 11 is 0. The zero-order chi connectivity index (χ0) is 11.1. The Labute approximate surface area is 90.8 Å². The lowest BCUT2D eigenvalue weighted by Gasteiger charge is -2.25. The molecule has 1 rings (SSSR count). The third-order valence-corrected chi connectivity index (χ3v) is 2.91. The number of hydrogen-bond donors (Lipinski definition) is 2. The summed E-state index contributed by atoms with van der Waals surface area (Å²) in [5.41, 5.74) is 5.77. The van der Waals surface area contributed by atoms with Crippen LogP contribution in [0.2, 0.25) is 0 Å². The van der Waals surface area contributed by atoms with Gasteiger partial charge in [0.1, 0.15) is 0 Å². The maximum atomic E-state index is 11.6. The normalized spacial score (nSPS) is 25.6. The predicted molar refractivity (Wildman–Crippen MR) is 57.8 cm³/mol. The second kappa shape index (κ2) is 6.41. The molecule has 0 unspecified atom stereocenters. The van der Waals surface area contributed by atoms with Crippen LogP contribution in [-0.4, -0.2) is 18.5 Å². The molecule has 0 saturated heterocycles. The van der Waals surface area contributed by atoms with Gasteiger partial charge in [0.05, 0.1) is 6.07 Å². The van der Waals surface area contributed by atoms with Gasteiger partial charge >= 0.3 is 0 Å². The van der Waals surface area contributed by atoms with Crippen molar-refractivity contribution in [2.24, 2.45) is 11.7 Å². The van der Waals surface area contributed by atoms with Crippen LogP contribution in [0.4, 0.5) is 0 Å². The number of carbonyl (C=O) groups is 1. The molecule has 0 heterocycles. The molecule has 1 aliphatic rings. The van der Waals surface area contributed by atoms with Crippen LogP contribution in [0.25, 0.3) is 0 Å². The molecule has 84 valence electrons. The van der Waals surface area contributed by atoms with Gasteiger partial charge in [0.2, 0.25) is 5.91 Å². The zero-order valence-electron chi connectivity index (χ0n) is 9.04. The molecule has 0 aromatic rings. The Balaban J connectivity index is 2.14. The van der Waals surface area contributed by atoms with Gasteiger partial charge in [-0.25, -0.2) is 0 Å². The quantitative estimate of drug-likeness (QED) is 0.676. The van der Waals surface area contributed by atoms with Crippen LogP contribution in [0, 0.1) is 17.2 Å². The lowest BCUT2D eigenvalue weighted by Crippen LogP contribution is -2.36. The highest BCUT2D eigenvalue weighted by Crippen LogP contribution is 2.22. The topological polar surface area (TPSA) is 78.9 Å². The Morgan fingerprint density at radius 3 is 2.67 bits per heavy atom. The summed E-state index contributed by atoms with van der Waals surface area (Å²) in [6.45, 7) is 0.620. The van der Waals surface area contributed by atoms with Crippen molar-refractivity contribution in [2.45, 2.75) is 44.6 Å². The second-order valence-electron chi connectivity index (χ2n) is 4.16. The van der Waals surface area contributed by atoms with Crippen molar-refractivity contribution in [1.29, 1.82) is 5.26 Å². The minimum atomic E-state index is 0.139. The molecule has 0 radical (unpaired) electrons. The van der Waals surface area contributed by atoms with Gasteiger partial charge < -0.3 is 11.1 Å². The molecule has 0 aromatic carbocycles. The molecule has 1 fully saturated rings. The minimum absolute atomic E-state index is 0.139. The number of rotatable bonds is 4. The van der Waals surface area contributed by atoms with Gasteiger partial charge in [-0.2, -0.15) is 5.26 Å². The van der Waals surface area contributed by atoms with Crippen molar-refractivity contribution < 1.29 is 4.79 Å². The van der Waals surface area contributed by atoms with Gasteiger partial charge in [0.25, 0.3) is 0 Å². The first kappa shape index (κ1) is 12.0. The highest BCUT2D eigenvalue weighted by atomic mass is 16.1. The lowest BCUT2D eigenvalue weighted by atomic mass is 9.86. The number of nitrogens with two attached hydrogens (primary N) is 1. The third kappa shape index (κ3) is 4.30. The molecule has 4 nitrogen and oxygen atoms in total. The number of nitrogens with one attached hydrogen (secondary N) is 1. The Morgan fingerprint density at radius 1 is 1.40 bits per heavy atom. The van der Waals surface area contributed by atoms with E-state index in [1.165, 1.54) is 0 Å². The van der Waals surface area contributed by atoms with Crippen LogP contribution >= 0.6 is 0 Å². The van der Waals surface area contributed by atoms with Crippen molar-refractivity contribution >= 4 is 5.91 Å². The molecule has 15 heavy (non-hydrogen) atoms. The highest BCUT2D eigenvalue weighted by Gasteiger charge is 2.23. The van der Waals surface area contributed by atoms with E-state index >= 15 is 0 Å². The molecule has 1 amide bonds. The molecular weight excluding hydrogens is 190 g/mol. The first-order valence-corrected chi connectivity index (χ1v) is 5.64. The summed E-state index contributed by atoms with van der Waals surface area (Å²) in [5, 5.41) is 11.2. The Kier molecular flexibility index (Phi) is 5.13. The average molecular weight is 209 g/mol. The lowest BCUT2D eigenvalue weighted by molar-refractivity contribution is -0.125. The number of nitriles is 1. The standard InChI is InChI=1S/C11H19N3O/c12-7-1-2-8-14-11(15)9-3-5-10(13)6-4-9/h9-10H,1-6,8,13H2,(H,14,15). The maximum Gasteiger partial charge on any atom is 0.223 e. The molecule has 0 bridgehead atoms. The Bertz CT molecular complexity index is 239. The SMILES string of the molecule is N#CCCCNC(=O)C1CCC(N)CC1. The van der Waals surface area contributed by atoms with Gasteiger partial charge in [-0.3, -0.25) is 4.79 Å². The molecule has 0 atom stereocenters. The van der Waals surface area contributed by atoms with Crippen LogP contribution in [0.1, 0.15) is 38.5 Å². The van der Waals surface area contributed by atoms with Gasteiger partial charge in [0, 0.05) is 24.9 Å². The van der Waals surface area contributed by atoms with Crippen LogP contribution < -0.4 is 11.1 Å². The van der Waals surface area contributed by atoms with E-state index in [4.69, 9.17) is 11.0 Å². The van der Waals surface area contributed by atoms with Crippen LogP contribution in [0.3, 0.4) is 0 Å². The summed E-state index contributed by atoms with van der Waals surface area (Å²) in [4.78, 5) is 11.6. The van der Waals surface area contributed by atoms with Crippen molar-refractivity contribution in [3.05, 3.63) is 0 Å². The number of hydrogen-bond acceptors (Lipinski definition) is 3. The summed E-state index contributed by atoms with van der Waals surface area (Å²) in [6, 6.07) is 2.34. The fourth-order valence-electron chi connectivity index (χ4n) is 1.90. The third-order valence-electron chi connectivity index (χ3n) is 2.91. The van der Waals surface area contributed by atoms with E-state index in [2.05, 4.69) is 11.4 Å². The molecule has 0 aliphatic heterocycles. The average Bonchev–Trinajstić information content (AvgIpc) is 2.25. The van der Waals surface area contributed by atoms with Crippen LogP contribution in [0.5, 0.6) is 0 Å². The van der Waals surface area contributed by atoms with Crippen LogP contribution in [-0.2, 0) is 4.79 Å². The molecule has 3 N–H and O–H groups in total. The summed E-state index contributed by atoms with van der Waals surface area (Å²) < 4.78 is 0. The summed E-state index contributed by atoms with van der Waals surface area (Å²) in [6.07, 6.45) is 4.98. The second-order valence-corrected chi connectivity index (χ2v) is 4.16. The monoisotopic (exact) mass is 209 g/mol. The fraction of sp³-hybridized carbons (Fsp3) is 0.818. The van der Waals surface area contributed by atoms with E-state index in [-0.39, 0.29) is 17.9 Å². The first-order chi connectivity index (χ1) is 7.24. The summed E-state index contributed by atoms with van der Waals surface area (Å²) in [5.74, 6) is 0.284. The Morgan fingerprint density at radius 2 is 2.07 bits per heavy atom. The van der Waals surface area contributed by atoms with Crippen molar-refractivity contribution in [3.63, 3.8) is 0 Å². The maximum absolute atomic E-state index is 11.6. The smallest absolute Gasteiger partial charge is 0.223 e. The molecular formula is C11H19N3O. The number of unbranched alkanes of at least 4 members (excludes halogenated alkanes) is 1. The van der Waals surface area contributed by atoms with E-state index in [9.17, 15) is 4.79 Å². The largest absolute Gasteiger partial charge is 0.356 e. The van der Waals surface area contributed by atoms with Crippen molar-refractivity contribution in [2.75, 3.05) is 6.54 Å². The summed E-state index contributed by atoms with van der Waals surface area (Å²) in [7, 11) is 0. The Hall–Kier alpha value is -1.08. The zero-order valence-corrected chi connectivity index (χ0v) is 9.04. The number of amides is 1. The molecule has 1 saturated carbocycles. The van der Waals surface area contributed by atoms with Crippen molar-refractivity contribution in [3.8, 4) is 6.07 Å². The van der Waals surface area contributed by atoms with E-state index in [1.807, 2.05) is 0 Å². The number of carbonyl (C=O) groups excluding carboxylic acids is 1. The van der Waals surface area contributed by atoms with Crippen LogP contribution in [0.15, 0.2) is 0 Å². The van der Waals surface area contributed by atoms with Gasteiger partial charge in [0.15, 0.2) is 0 Å². The molecule has 1 aliphatic carbocycles. The van der Waals surface area contributed by atoms with Crippen molar-refractivity contribution in [1.82, 2.24) is 5.32 Å². The highest BCUT2D eigenvalue weighted by molar-refractivity contribution is 5.78. The molecule has 0 spiro atoms. The van der Waals surface area contributed by atoms with Gasteiger partial charge in [-0.1, -0.05) is 0 Å². The predicted octanol–water partition coefficient (Wildman–Crippen LogP) is 0.924. The minimum Gasteiger partial charge on any atom is -0.356 e. The number of nitrogens with zero attached hydrogens (tertiary/aromatic N) is 1. The van der Waals surface area contributed by atoms with Gasteiger partial charge in [-0.15, -0.1) is 0 Å².